The Kier molecular flexibility index (Phi) is 5.63. The molecule has 8 nitrogen and oxygen atoms in total. The molecule has 2 N–H and O–H groups in total. The minimum absolute atomic E-state index is 0.0187. The quantitative estimate of drug-likeness (QED) is 0.669. The first-order chi connectivity index (χ1) is 13.8. The van der Waals surface area contributed by atoms with Crippen LogP contribution in [0.25, 0.3) is 22.6 Å². The van der Waals surface area contributed by atoms with Crippen molar-refractivity contribution in [2.24, 2.45) is 20.0 Å². The maximum absolute atomic E-state index is 12.2. The van der Waals surface area contributed by atoms with E-state index in [1.165, 1.54) is 7.11 Å². The van der Waals surface area contributed by atoms with Crippen LogP contribution in [0.3, 0.4) is 0 Å². The molecule has 0 unspecified atom stereocenters. The van der Waals surface area contributed by atoms with Crippen LogP contribution in [0.15, 0.2) is 24.4 Å². The average Bonchev–Trinajstić information content (AvgIpc) is 3.16. The van der Waals surface area contributed by atoms with Gasteiger partial charge >= 0.3 is 0 Å². The van der Waals surface area contributed by atoms with Crippen molar-refractivity contribution in [1.82, 2.24) is 19.4 Å². The molecular formula is C21H27N5O3. The highest BCUT2D eigenvalue weighted by Crippen LogP contribution is 2.35. The monoisotopic (exact) mass is 397 g/mol. The number of nitrogens with one attached hydrogen (secondary N) is 2. The molecule has 0 aliphatic carbocycles. The van der Waals surface area contributed by atoms with E-state index in [1.807, 2.05) is 55.3 Å². The molecule has 1 aromatic carbocycles. The van der Waals surface area contributed by atoms with Crippen molar-refractivity contribution in [3.05, 3.63) is 30.0 Å². The second-order valence-corrected chi connectivity index (χ2v) is 7.46. The Bertz CT molecular complexity index is 1080. The van der Waals surface area contributed by atoms with Gasteiger partial charge in [0.15, 0.2) is 11.6 Å². The van der Waals surface area contributed by atoms with Crippen LogP contribution in [-0.4, -0.2) is 40.1 Å². The lowest BCUT2D eigenvalue weighted by atomic mass is 10.1. The summed E-state index contributed by atoms with van der Waals surface area (Å²) in [5, 5.41) is 5.55. The molecule has 0 fully saturated rings. The van der Waals surface area contributed by atoms with Crippen LogP contribution in [0, 0.1) is 5.92 Å². The van der Waals surface area contributed by atoms with Crippen molar-refractivity contribution in [2.75, 3.05) is 19.5 Å². The number of hydrogen-bond acceptors (Lipinski definition) is 4. The fourth-order valence-electron chi connectivity index (χ4n) is 3.44. The van der Waals surface area contributed by atoms with Gasteiger partial charge in [-0.15, -0.1) is 0 Å². The molecule has 0 saturated heterocycles. The first-order valence-electron chi connectivity index (χ1n) is 9.48. The fraction of sp³-hybridized carbons (Fsp3) is 0.381. The van der Waals surface area contributed by atoms with Crippen molar-refractivity contribution < 1.29 is 14.3 Å². The number of ether oxygens (including phenoxy) is 1. The van der Waals surface area contributed by atoms with Crippen LogP contribution in [0.2, 0.25) is 0 Å². The van der Waals surface area contributed by atoms with Crippen LogP contribution in [0.1, 0.15) is 30.6 Å². The van der Waals surface area contributed by atoms with E-state index < -0.39 is 0 Å². The zero-order valence-corrected chi connectivity index (χ0v) is 17.7. The number of hydrogen-bond donors (Lipinski definition) is 2. The molecule has 3 aromatic rings. The number of amides is 2. The molecule has 2 aromatic heterocycles. The topological polar surface area (TPSA) is 90.2 Å². The van der Waals surface area contributed by atoms with E-state index in [1.54, 1.807) is 13.2 Å². The minimum Gasteiger partial charge on any atom is -0.494 e. The molecule has 154 valence electrons. The van der Waals surface area contributed by atoms with Gasteiger partial charge < -0.3 is 24.5 Å². The van der Waals surface area contributed by atoms with E-state index in [9.17, 15) is 9.59 Å². The Morgan fingerprint density at radius 1 is 1.24 bits per heavy atom. The number of carbonyl (C=O) groups excluding carboxylic acids is 2. The first kappa shape index (κ1) is 20.4. The lowest BCUT2D eigenvalue weighted by molar-refractivity contribution is -0.116. The third-order valence-corrected chi connectivity index (χ3v) is 4.78. The summed E-state index contributed by atoms with van der Waals surface area (Å²) < 4.78 is 9.32. The Balaban J connectivity index is 2.06. The van der Waals surface area contributed by atoms with Crippen LogP contribution >= 0.6 is 0 Å². The molecule has 0 aliphatic heterocycles. The summed E-state index contributed by atoms with van der Waals surface area (Å²) in [6.45, 7) is 4.02. The molecular weight excluding hydrogens is 370 g/mol. The molecule has 0 bridgehead atoms. The van der Waals surface area contributed by atoms with Gasteiger partial charge in [-0.05, 0) is 24.1 Å². The second-order valence-electron chi connectivity index (χ2n) is 7.46. The predicted molar refractivity (Wildman–Crippen MR) is 113 cm³/mol. The molecule has 0 atom stereocenters. The molecule has 0 aliphatic rings. The van der Waals surface area contributed by atoms with Gasteiger partial charge in [0.05, 0.1) is 23.7 Å². The number of anilines is 1. The SMILES string of the molecule is CNC(=O)c1cn(C)c(-c2nc3cc(NC(=O)CC(C)C)ccc3n2C)c1OC. The second kappa shape index (κ2) is 7.98. The van der Waals surface area contributed by atoms with Gasteiger partial charge in [-0.1, -0.05) is 13.8 Å². The molecule has 2 heterocycles. The zero-order valence-electron chi connectivity index (χ0n) is 17.7. The lowest BCUT2D eigenvalue weighted by Gasteiger charge is -2.08. The van der Waals surface area contributed by atoms with E-state index in [4.69, 9.17) is 9.72 Å². The standard InChI is InChI=1S/C21H27N5O3/c1-12(2)9-17(27)23-13-7-8-16-15(10-13)24-20(26(16)5)18-19(29-6)14(11-25(18)4)21(28)22-3/h7-8,10-12H,9H2,1-6H3,(H,22,28)(H,23,27). The number of imidazole rings is 1. The fourth-order valence-corrected chi connectivity index (χ4v) is 3.44. The maximum atomic E-state index is 12.2. The lowest BCUT2D eigenvalue weighted by Crippen LogP contribution is -2.17. The average molecular weight is 397 g/mol. The summed E-state index contributed by atoms with van der Waals surface area (Å²) in [5.74, 6) is 1.18. The van der Waals surface area contributed by atoms with Gasteiger partial charge in [-0.3, -0.25) is 9.59 Å². The van der Waals surface area contributed by atoms with Gasteiger partial charge in [-0.25, -0.2) is 4.98 Å². The number of fused-ring (bicyclic) bond motifs is 1. The minimum atomic E-state index is -0.224. The molecule has 2 amide bonds. The third kappa shape index (κ3) is 3.83. The van der Waals surface area contributed by atoms with E-state index in [2.05, 4.69) is 10.6 Å². The first-order valence-corrected chi connectivity index (χ1v) is 9.48. The van der Waals surface area contributed by atoms with E-state index >= 15 is 0 Å². The van der Waals surface area contributed by atoms with E-state index in [0.717, 1.165) is 11.0 Å². The molecule has 29 heavy (non-hydrogen) atoms. The van der Waals surface area contributed by atoms with Crippen LogP contribution in [-0.2, 0) is 18.9 Å². The summed E-state index contributed by atoms with van der Waals surface area (Å²) in [4.78, 5) is 29.0. The molecule has 0 radical (unpaired) electrons. The van der Waals surface area contributed by atoms with Gasteiger partial charge in [0.2, 0.25) is 5.91 Å². The van der Waals surface area contributed by atoms with Gasteiger partial charge in [0.1, 0.15) is 5.69 Å². The molecule has 0 saturated carbocycles. The van der Waals surface area contributed by atoms with Gasteiger partial charge in [0, 0.05) is 39.4 Å². The third-order valence-electron chi connectivity index (χ3n) is 4.78. The summed E-state index contributed by atoms with van der Waals surface area (Å²) in [6.07, 6.45) is 2.19. The number of benzene rings is 1. The summed E-state index contributed by atoms with van der Waals surface area (Å²) in [6, 6.07) is 5.64. The van der Waals surface area contributed by atoms with Gasteiger partial charge in [0.25, 0.3) is 5.91 Å². The number of aryl methyl sites for hydroxylation is 2. The van der Waals surface area contributed by atoms with Crippen molar-refractivity contribution >= 4 is 28.5 Å². The number of rotatable bonds is 6. The maximum Gasteiger partial charge on any atom is 0.256 e. The van der Waals surface area contributed by atoms with Crippen LogP contribution < -0.4 is 15.4 Å². The highest BCUT2D eigenvalue weighted by atomic mass is 16.5. The molecule has 3 rings (SSSR count). The van der Waals surface area contributed by atoms with Crippen molar-refractivity contribution in [3.8, 4) is 17.3 Å². The van der Waals surface area contributed by atoms with E-state index in [0.29, 0.717) is 40.9 Å². The summed E-state index contributed by atoms with van der Waals surface area (Å²) >= 11 is 0. The Morgan fingerprint density at radius 3 is 2.59 bits per heavy atom. The van der Waals surface area contributed by atoms with E-state index in [-0.39, 0.29) is 11.8 Å². The summed E-state index contributed by atoms with van der Waals surface area (Å²) in [5.41, 5.74) is 3.51. The zero-order chi connectivity index (χ0) is 21.3. The smallest absolute Gasteiger partial charge is 0.256 e. The Morgan fingerprint density at radius 2 is 1.97 bits per heavy atom. The van der Waals surface area contributed by atoms with Crippen molar-refractivity contribution in [3.63, 3.8) is 0 Å². The number of aromatic nitrogens is 3. The van der Waals surface area contributed by atoms with Crippen molar-refractivity contribution in [2.45, 2.75) is 20.3 Å². The predicted octanol–water partition coefficient (Wildman–Crippen LogP) is 2.93. The highest BCUT2D eigenvalue weighted by Gasteiger charge is 2.24. The largest absolute Gasteiger partial charge is 0.494 e. The Hall–Kier alpha value is -3.29. The van der Waals surface area contributed by atoms with Crippen LogP contribution in [0.5, 0.6) is 5.75 Å². The number of nitrogens with zero attached hydrogens (tertiary/aromatic N) is 3. The molecule has 8 heteroatoms. The number of carbonyl (C=O) groups is 2. The van der Waals surface area contributed by atoms with Crippen molar-refractivity contribution in [1.29, 1.82) is 0 Å². The van der Waals surface area contributed by atoms with Crippen LogP contribution in [0.4, 0.5) is 5.69 Å². The molecule has 0 spiro atoms. The highest BCUT2D eigenvalue weighted by molar-refractivity contribution is 5.99. The summed E-state index contributed by atoms with van der Waals surface area (Å²) in [7, 11) is 6.88. The Labute approximate surface area is 169 Å². The normalized spacial score (nSPS) is 11.1. The van der Waals surface area contributed by atoms with Gasteiger partial charge in [-0.2, -0.15) is 0 Å². The number of methoxy groups -OCH3 is 1.